The van der Waals surface area contributed by atoms with Crippen LogP contribution in [0.1, 0.15) is 40.9 Å². The molecule has 0 saturated heterocycles. The third-order valence-electron chi connectivity index (χ3n) is 2.66. The minimum atomic E-state index is -0.946. The van der Waals surface area contributed by atoms with Crippen molar-refractivity contribution in [2.75, 3.05) is 6.54 Å². The lowest BCUT2D eigenvalue weighted by molar-refractivity contribution is 0.0688. The highest BCUT2D eigenvalue weighted by molar-refractivity contribution is 5.87. The van der Waals surface area contributed by atoms with E-state index in [1.54, 1.807) is 0 Å². The van der Waals surface area contributed by atoms with E-state index in [2.05, 4.69) is 15.3 Å². The molecule has 16 heavy (non-hydrogen) atoms. The number of carboxylic acid groups (broad SMARTS) is 1. The number of hydrogen-bond acceptors (Lipinski definition) is 4. The van der Waals surface area contributed by atoms with Crippen molar-refractivity contribution in [2.24, 2.45) is 0 Å². The second kappa shape index (κ2) is 4.57. The molecule has 0 saturated carbocycles. The first-order valence-electron chi connectivity index (χ1n) is 5.55. The molecule has 1 aromatic rings. The zero-order valence-electron chi connectivity index (χ0n) is 9.29. The Kier molecular flexibility index (Phi) is 3.14. The zero-order valence-corrected chi connectivity index (χ0v) is 9.29. The summed E-state index contributed by atoms with van der Waals surface area (Å²) in [5.74, 6) is -0.305. The molecule has 0 atom stereocenters. The number of nitrogens with zero attached hydrogens (tertiary/aromatic N) is 2. The Morgan fingerprint density at radius 1 is 1.50 bits per heavy atom. The van der Waals surface area contributed by atoms with Crippen LogP contribution in [0.2, 0.25) is 0 Å². The van der Waals surface area contributed by atoms with Gasteiger partial charge in [0.2, 0.25) is 0 Å². The molecule has 0 bridgehead atoms. The van der Waals surface area contributed by atoms with Gasteiger partial charge in [0, 0.05) is 18.5 Å². The highest BCUT2D eigenvalue weighted by Crippen LogP contribution is 2.16. The summed E-state index contributed by atoms with van der Waals surface area (Å²) in [6.45, 7) is 3.47. The number of aryl methyl sites for hydroxylation is 1. The molecule has 1 aliphatic heterocycles. The lowest BCUT2D eigenvalue weighted by atomic mass is 10.0. The second-order valence-corrected chi connectivity index (χ2v) is 3.90. The van der Waals surface area contributed by atoms with Crippen molar-refractivity contribution >= 4 is 5.97 Å². The normalized spacial score (nSPS) is 14.6. The predicted octanol–water partition coefficient (Wildman–Crippen LogP) is 0.773. The fourth-order valence-electron chi connectivity index (χ4n) is 1.92. The van der Waals surface area contributed by atoms with E-state index in [1.807, 2.05) is 6.92 Å². The number of fused-ring (bicyclic) bond motifs is 1. The van der Waals surface area contributed by atoms with Gasteiger partial charge in [0.25, 0.3) is 0 Å². The molecule has 0 radical (unpaired) electrons. The van der Waals surface area contributed by atoms with Gasteiger partial charge >= 0.3 is 5.97 Å². The third kappa shape index (κ3) is 2.04. The number of carbonyl (C=O) groups is 1. The van der Waals surface area contributed by atoms with Crippen LogP contribution in [0.3, 0.4) is 0 Å². The maximum absolute atomic E-state index is 11.1. The predicted molar refractivity (Wildman–Crippen MR) is 58.4 cm³/mol. The van der Waals surface area contributed by atoms with Crippen LogP contribution >= 0.6 is 0 Å². The average Bonchev–Trinajstić information content (AvgIpc) is 2.28. The van der Waals surface area contributed by atoms with E-state index in [-0.39, 0.29) is 5.69 Å². The average molecular weight is 221 g/mol. The number of aromatic carboxylic acids is 1. The molecule has 1 aliphatic rings. The number of nitrogens with one attached hydrogen (secondary N) is 1. The fraction of sp³-hybridized carbons (Fsp3) is 0.545. The first kappa shape index (κ1) is 11.0. The Morgan fingerprint density at radius 2 is 2.31 bits per heavy atom. The Hall–Kier alpha value is -1.49. The molecule has 2 N–H and O–H groups in total. The number of rotatable bonds is 3. The molecule has 0 fully saturated rings. The fourth-order valence-corrected chi connectivity index (χ4v) is 1.92. The maximum atomic E-state index is 11.1. The first-order valence-corrected chi connectivity index (χ1v) is 5.55. The van der Waals surface area contributed by atoms with Crippen LogP contribution in [0.5, 0.6) is 0 Å². The van der Waals surface area contributed by atoms with E-state index in [0.29, 0.717) is 18.8 Å². The van der Waals surface area contributed by atoms with E-state index in [0.717, 1.165) is 30.6 Å². The smallest absolute Gasteiger partial charge is 0.354 e. The van der Waals surface area contributed by atoms with Gasteiger partial charge in [0.15, 0.2) is 5.69 Å². The van der Waals surface area contributed by atoms with Crippen molar-refractivity contribution in [3.05, 3.63) is 22.8 Å². The van der Waals surface area contributed by atoms with Gasteiger partial charge < -0.3 is 10.4 Å². The second-order valence-electron chi connectivity index (χ2n) is 3.90. The van der Waals surface area contributed by atoms with Gasteiger partial charge in [0.05, 0.1) is 5.69 Å². The van der Waals surface area contributed by atoms with Crippen molar-refractivity contribution in [3.8, 4) is 0 Å². The van der Waals surface area contributed by atoms with Crippen molar-refractivity contribution in [1.82, 2.24) is 15.3 Å². The highest BCUT2D eigenvalue weighted by Gasteiger charge is 2.21. The molecule has 2 rings (SSSR count). The Bertz CT molecular complexity index is 418. The third-order valence-corrected chi connectivity index (χ3v) is 2.66. The molecular weight excluding hydrogens is 206 g/mol. The van der Waals surface area contributed by atoms with E-state index in [4.69, 9.17) is 5.11 Å². The van der Waals surface area contributed by atoms with Crippen LogP contribution in [0.4, 0.5) is 0 Å². The molecule has 5 heteroatoms. The van der Waals surface area contributed by atoms with Crippen LogP contribution in [-0.4, -0.2) is 27.6 Å². The summed E-state index contributed by atoms with van der Waals surface area (Å²) in [6, 6.07) is 0. The van der Waals surface area contributed by atoms with Gasteiger partial charge in [-0.05, 0) is 19.4 Å². The van der Waals surface area contributed by atoms with Crippen molar-refractivity contribution in [1.29, 1.82) is 0 Å². The summed E-state index contributed by atoms with van der Waals surface area (Å²) in [7, 11) is 0. The number of aromatic nitrogens is 2. The van der Waals surface area contributed by atoms with E-state index in [1.165, 1.54) is 0 Å². The molecule has 0 aliphatic carbocycles. The van der Waals surface area contributed by atoms with Crippen LogP contribution in [0.15, 0.2) is 0 Å². The van der Waals surface area contributed by atoms with Gasteiger partial charge in [-0.2, -0.15) is 0 Å². The monoisotopic (exact) mass is 221 g/mol. The van der Waals surface area contributed by atoms with E-state index < -0.39 is 5.97 Å². The molecule has 0 amide bonds. The molecule has 2 heterocycles. The minimum Gasteiger partial charge on any atom is -0.477 e. The molecule has 5 nitrogen and oxygen atoms in total. The Labute approximate surface area is 93.9 Å². The summed E-state index contributed by atoms with van der Waals surface area (Å²) in [5.41, 5.74) is 1.84. The SMILES string of the molecule is CCCc1nc2c(c(C(=O)O)n1)CCNC2. The first-order chi connectivity index (χ1) is 7.72. The van der Waals surface area contributed by atoms with Crippen molar-refractivity contribution in [2.45, 2.75) is 32.7 Å². The Morgan fingerprint density at radius 3 is 3.00 bits per heavy atom. The maximum Gasteiger partial charge on any atom is 0.354 e. The molecule has 0 spiro atoms. The standard InChI is InChI=1S/C11H15N3O2/c1-2-3-9-13-8-6-12-5-4-7(8)10(14-9)11(15)16/h12H,2-6H2,1H3,(H,15,16). The van der Waals surface area contributed by atoms with Crippen LogP contribution in [0, 0.1) is 0 Å². The minimum absolute atomic E-state index is 0.190. The van der Waals surface area contributed by atoms with E-state index >= 15 is 0 Å². The van der Waals surface area contributed by atoms with E-state index in [9.17, 15) is 4.79 Å². The van der Waals surface area contributed by atoms with Crippen LogP contribution < -0.4 is 5.32 Å². The van der Waals surface area contributed by atoms with Crippen LogP contribution in [0.25, 0.3) is 0 Å². The lowest BCUT2D eigenvalue weighted by Gasteiger charge is -2.18. The zero-order chi connectivity index (χ0) is 11.5. The van der Waals surface area contributed by atoms with Gasteiger partial charge in [-0.15, -0.1) is 0 Å². The molecule has 0 aromatic carbocycles. The van der Waals surface area contributed by atoms with Gasteiger partial charge in [0.1, 0.15) is 5.82 Å². The van der Waals surface area contributed by atoms with Crippen LogP contribution in [-0.2, 0) is 19.4 Å². The van der Waals surface area contributed by atoms with Gasteiger partial charge in [-0.3, -0.25) is 0 Å². The summed E-state index contributed by atoms with van der Waals surface area (Å²) in [5, 5.41) is 12.3. The summed E-state index contributed by atoms with van der Waals surface area (Å²) in [6.07, 6.45) is 2.35. The largest absolute Gasteiger partial charge is 0.477 e. The van der Waals surface area contributed by atoms with Gasteiger partial charge in [-0.1, -0.05) is 6.92 Å². The molecular formula is C11H15N3O2. The highest BCUT2D eigenvalue weighted by atomic mass is 16.4. The molecule has 1 aromatic heterocycles. The van der Waals surface area contributed by atoms with Gasteiger partial charge in [-0.25, -0.2) is 14.8 Å². The number of hydrogen-bond donors (Lipinski definition) is 2. The Balaban J connectivity index is 2.47. The molecule has 86 valence electrons. The lowest BCUT2D eigenvalue weighted by Crippen LogP contribution is -2.28. The quantitative estimate of drug-likeness (QED) is 0.788. The van der Waals surface area contributed by atoms with Crippen molar-refractivity contribution < 1.29 is 9.90 Å². The summed E-state index contributed by atoms with van der Waals surface area (Å²) in [4.78, 5) is 19.7. The summed E-state index contributed by atoms with van der Waals surface area (Å²) >= 11 is 0. The van der Waals surface area contributed by atoms with Crippen molar-refractivity contribution in [3.63, 3.8) is 0 Å². The number of carboxylic acids is 1. The summed E-state index contributed by atoms with van der Waals surface area (Å²) < 4.78 is 0. The molecule has 0 unspecified atom stereocenters. The topological polar surface area (TPSA) is 75.1 Å².